The van der Waals surface area contributed by atoms with Gasteiger partial charge < -0.3 is 15.8 Å². The van der Waals surface area contributed by atoms with Crippen LogP contribution >= 0.6 is 0 Å². The molecule has 0 atom stereocenters. The van der Waals surface area contributed by atoms with Gasteiger partial charge in [0.05, 0.1) is 6.61 Å². The number of anilines is 1. The van der Waals surface area contributed by atoms with Crippen LogP contribution in [0.25, 0.3) is 6.08 Å². The van der Waals surface area contributed by atoms with E-state index in [0.29, 0.717) is 12.3 Å². The molecule has 0 aliphatic rings. The van der Waals surface area contributed by atoms with Crippen molar-refractivity contribution in [1.29, 1.82) is 0 Å². The third-order valence-corrected chi connectivity index (χ3v) is 1.88. The van der Waals surface area contributed by atoms with Crippen LogP contribution in [0.4, 0.5) is 10.5 Å². The minimum absolute atomic E-state index is 0.352. The van der Waals surface area contributed by atoms with Gasteiger partial charge in [0.2, 0.25) is 0 Å². The van der Waals surface area contributed by atoms with Crippen LogP contribution in [0.3, 0.4) is 0 Å². The summed E-state index contributed by atoms with van der Waals surface area (Å²) >= 11 is 0. The number of benzene rings is 1. The average molecular weight is 234 g/mol. The average Bonchev–Trinajstić information content (AvgIpc) is 2.28. The van der Waals surface area contributed by atoms with E-state index in [2.05, 4.69) is 5.32 Å². The SMILES string of the molecule is CCOC(=O)C=Cc1ccc(NC(N)=O)cc1. The van der Waals surface area contributed by atoms with E-state index < -0.39 is 6.03 Å². The number of amides is 2. The van der Waals surface area contributed by atoms with Gasteiger partial charge in [-0.15, -0.1) is 0 Å². The molecule has 1 rings (SSSR count). The highest BCUT2D eigenvalue weighted by atomic mass is 16.5. The second-order valence-corrected chi connectivity index (χ2v) is 3.20. The van der Waals surface area contributed by atoms with Crippen LogP contribution in [0.2, 0.25) is 0 Å². The molecule has 3 N–H and O–H groups in total. The molecule has 5 heteroatoms. The van der Waals surface area contributed by atoms with Gasteiger partial charge in [-0.25, -0.2) is 9.59 Å². The summed E-state index contributed by atoms with van der Waals surface area (Å²) in [6.07, 6.45) is 2.98. The molecule has 0 aliphatic heterocycles. The van der Waals surface area contributed by atoms with Gasteiger partial charge in [-0.1, -0.05) is 12.1 Å². The maximum Gasteiger partial charge on any atom is 0.330 e. The quantitative estimate of drug-likeness (QED) is 0.615. The summed E-state index contributed by atoms with van der Waals surface area (Å²) < 4.78 is 4.74. The Kier molecular flexibility index (Phi) is 4.75. The number of primary amides is 1. The minimum Gasteiger partial charge on any atom is -0.463 e. The highest BCUT2D eigenvalue weighted by Gasteiger charge is 1.96. The number of hydrogen-bond donors (Lipinski definition) is 2. The Morgan fingerprint density at radius 2 is 2.00 bits per heavy atom. The molecule has 1 aromatic rings. The fourth-order valence-corrected chi connectivity index (χ4v) is 1.17. The van der Waals surface area contributed by atoms with Crippen molar-refractivity contribution >= 4 is 23.8 Å². The first kappa shape index (κ1) is 12.8. The molecule has 17 heavy (non-hydrogen) atoms. The summed E-state index contributed by atoms with van der Waals surface area (Å²) in [5, 5.41) is 2.44. The Labute approximate surface area is 99.3 Å². The third-order valence-electron chi connectivity index (χ3n) is 1.88. The maximum atomic E-state index is 11.0. The van der Waals surface area contributed by atoms with Crippen LogP contribution in [0.15, 0.2) is 30.3 Å². The Balaban J connectivity index is 2.62. The first-order chi connectivity index (χ1) is 8.11. The fraction of sp³-hybridized carbons (Fsp3) is 0.167. The predicted molar refractivity (Wildman–Crippen MR) is 65.3 cm³/mol. The summed E-state index contributed by atoms with van der Waals surface area (Å²) in [5.41, 5.74) is 6.40. The van der Waals surface area contributed by atoms with Crippen molar-refractivity contribution < 1.29 is 14.3 Å². The fourth-order valence-electron chi connectivity index (χ4n) is 1.17. The lowest BCUT2D eigenvalue weighted by molar-refractivity contribution is -0.137. The van der Waals surface area contributed by atoms with Crippen molar-refractivity contribution in [2.24, 2.45) is 5.73 Å². The number of carbonyl (C=O) groups excluding carboxylic acids is 2. The van der Waals surface area contributed by atoms with E-state index in [9.17, 15) is 9.59 Å². The highest BCUT2D eigenvalue weighted by Crippen LogP contribution is 2.10. The van der Waals surface area contributed by atoms with Crippen LogP contribution in [0.5, 0.6) is 0 Å². The van der Waals surface area contributed by atoms with Crippen molar-refractivity contribution in [3.8, 4) is 0 Å². The minimum atomic E-state index is -0.611. The topological polar surface area (TPSA) is 81.4 Å². The molecule has 0 fully saturated rings. The third kappa shape index (κ3) is 4.83. The van der Waals surface area contributed by atoms with Crippen molar-refractivity contribution in [2.45, 2.75) is 6.92 Å². The van der Waals surface area contributed by atoms with Crippen molar-refractivity contribution in [3.63, 3.8) is 0 Å². The first-order valence-corrected chi connectivity index (χ1v) is 5.13. The number of urea groups is 1. The number of carbonyl (C=O) groups is 2. The van der Waals surface area contributed by atoms with Crippen molar-refractivity contribution in [2.75, 3.05) is 11.9 Å². The van der Waals surface area contributed by atoms with Gasteiger partial charge in [0.25, 0.3) is 0 Å². The molecule has 0 aliphatic carbocycles. The molecule has 0 heterocycles. The lowest BCUT2D eigenvalue weighted by atomic mass is 10.2. The number of hydrogen-bond acceptors (Lipinski definition) is 3. The molecule has 0 unspecified atom stereocenters. The second kappa shape index (κ2) is 6.32. The second-order valence-electron chi connectivity index (χ2n) is 3.20. The van der Waals surface area contributed by atoms with E-state index in [1.165, 1.54) is 6.08 Å². The molecule has 90 valence electrons. The molecule has 2 amide bonds. The molecule has 0 saturated carbocycles. The van der Waals surface area contributed by atoms with Gasteiger partial charge in [-0.05, 0) is 30.7 Å². The van der Waals surface area contributed by atoms with Crippen LogP contribution in [-0.4, -0.2) is 18.6 Å². The monoisotopic (exact) mass is 234 g/mol. The zero-order valence-corrected chi connectivity index (χ0v) is 9.47. The lowest BCUT2D eigenvalue weighted by Gasteiger charge is -2.01. The number of nitrogens with two attached hydrogens (primary N) is 1. The van der Waals surface area contributed by atoms with Gasteiger partial charge in [-0.3, -0.25) is 0 Å². The first-order valence-electron chi connectivity index (χ1n) is 5.13. The van der Waals surface area contributed by atoms with Crippen LogP contribution in [-0.2, 0) is 9.53 Å². The normalized spacial score (nSPS) is 10.2. The van der Waals surface area contributed by atoms with E-state index in [-0.39, 0.29) is 5.97 Å². The van der Waals surface area contributed by atoms with Gasteiger partial charge in [0, 0.05) is 11.8 Å². The molecular weight excluding hydrogens is 220 g/mol. The zero-order valence-electron chi connectivity index (χ0n) is 9.47. The summed E-state index contributed by atoms with van der Waals surface area (Å²) in [7, 11) is 0. The Bertz CT molecular complexity index is 424. The molecule has 0 radical (unpaired) electrons. The smallest absolute Gasteiger partial charge is 0.330 e. The summed E-state index contributed by atoms with van der Waals surface area (Å²) in [6, 6.07) is 6.27. The predicted octanol–water partition coefficient (Wildman–Crippen LogP) is 1.75. The summed E-state index contributed by atoms with van der Waals surface area (Å²) in [6.45, 7) is 2.10. The maximum absolute atomic E-state index is 11.0. The Hall–Kier alpha value is -2.30. The number of ether oxygens (including phenoxy) is 1. The molecule has 0 aromatic heterocycles. The Morgan fingerprint density at radius 1 is 1.35 bits per heavy atom. The van der Waals surface area contributed by atoms with Gasteiger partial charge in [0.1, 0.15) is 0 Å². The molecule has 1 aromatic carbocycles. The van der Waals surface area contributed by atoms with Crippen LogP contribution in [0, 0.1) is 0 Å². The molecule has 5 nitrogen and oxygen atoms in total. The van der Waals surface area contributed by atoms with Crippen molar-refractivity contribution in [3.05, 3.63) is 35.9 Å². The highest BCUT2D eigenvalue weighted by molar-refractivity contribution is 5.88. The molecule has 0 bridgehead atoms. The van der Waals surface area contributed by atoms with Crippen LogP contribution in [0.1, 0.15) is 12.5 Å². The van der Waals surface area contributed by atoms with E-state index in [4.69, 9.17) is 10.5 Å². The van der Waals surface area contributed by atoms with E-state index in [1.807, 2.05) is 0 Å². The van der Waals surface area contributed by atoms with E-state index in [0.717, 1.165) is 5.56 Å². The zero-order chi connectivity index (χ0) is 12.7. The van der Waals surface area contributed by atoms with Crippen molar-refractivity contribution in [1.82, 2.24) is 0 Å². The van der Waals surface area contributed by atoms with E-state index in [1.54, 1.807) is 37.3 Å². The molecule has 0 spiro atoms. The standard InChI is InChI=1S/C12H14N2O3/c1-2-17-11(15)8-5-9-3-6-10(7-4-9)14-12(13)16/h3-8H,2H2,1H3,(H3,13,14,16). The van der Waals surface area contributed by atoms with E-state index >= 15 is 0 Å². The summed E-state index contributed by atoms with van der Waals surface area (Å²) in [5.74, 6) is -0.383. The number of nitrogens with one attached hydrogen (secondary N) is 1. The number of esters is 1. The Morgan fingerprint density at radius 3 is 2.53 bits per heavy atom. The van der Waals surface area contributed by atoms with Crippen LogP contribution < -0.4 is 11.1 Å². The largest absolute Gasteiger partial charge is 0.463 e. The number of rotatable bonds is 4. The lowest BCUT2D eigenvalue weighted by Crippen LogP contribution is -2.19. The molecule has 0 saturated heterocycles. The van der Waals surface area contributed by atoms with Gasteiger partial charge >= 0.3 is 12.0 Å². The molecular formula is C12H14N2O3. The van der Waals surface area contributed by atoms with Gasteiger partial charge in [0.15, 0.2) is 0 Å². The summed E-state index contributed by atoms with van der Waals surface area (Å²) in [4.78, 5) is 21.6. The van der Waals surface area contributed by atoms with Gasteiger partial charge in [-0.2, -0.15) is 0 Å².